The molecule has 0 unspecified atom stereocenters. The van der Waals surface area contributed by atoms with Gasteiger partial charge in [0.05, 0.1) is 0 Å². The average molecular weight is 240 g/mol. The second-order valence-corrected chi connectivity index (χ2v) is 5.11. The molecule has 1 aromatic rings. The number of benzene rings is 1. The van der Waals surface area contributed by atoms with Crippen molar-refractivity contribution in [3.63, 3.8) is 0 Å². The Labute approximate surface area is 100 Å². The summed E-state index contributed by atoms with van der Waals surface area (Å²) in [4.78, 5) is 0. The first kappa shape index (κ1) is 12.1. The molecule has 2 rings (SSSR count). The molecule has 0 spiro atoms. The highest BCUT2D eigenvalue weighted by molar-refractivity contribution is 5.55. The maximum absolute atomic E-state index is 13.7. The van der Waals surface area contributed by atoms with Gasteiger partial charge in [-0.25, -0.2) is 8.78 Å². The van der Waals surface area contributed by atoms with E-state index in [1.165, 1.54) is 6.42 Å². The van der Waals surface area contributed by atoms with Crippen LogP contribution >= 0.6 is 0 Å². The smallest absolute Gasteiger partial charge is 0.151 e. The van der Waals surface area contributed by atoms with Crippen LogP contribution in [-0.4, -0.2) is 5.54 Å². The largest absolute Gasteiger partial charge is 0.399 e. The van der Waals surface area contributed by atoms with Crippen molar-refractivity contribution in [3.8, 4) is 0 Å². The number of hydrogen-bond donors (Lipinski definition) is 2. The molecule has 0 atom stereocenters. The lowest BCUT2D eigenvalue weighted by Gasteiger charge is -2.35. The molecule has 0 heterocycles. The van der Waals surface area contributed by atoms with Gasteiger partial charge < -0.3 is 11.1 Å². The van der Waals surface area contributed by atoms with Crippen molar-refractivity contribution in [2.45, 2.75) is 44.6 Å². The van der Waals surface area contributed by atoms with Crippen molar-refractivity contribution in [1.82, 2.24) is 0 Å². The van der Waals surface area contributed by atoms with Gasteiger partial charge in [-0.3, -0.25) is 0 Å². The molecule has 0 aliphatic heterocycles. The SMILES string of the molecule is CC1(Nc2c(F)cc(N)cc2F)CCCCC1. The van der Waals surface area contributed by atoms with Gasteiger partial charge in [-0.15, -0.1) is 0 Å². The Bertz CT molecular complexity index is 389. The maximum atomic E-state index is 13.7. The highest BCUT2D eigenvalue weighted by Crippen LogP contribution is 2.33. The molecular formula is C13H18F2N2. The zero-order valence-electron chi connectivity index (χ0n) is 10.0. The van der Waals surface area contributed by atoms with Crippen LogP contribution in [0.15, 0.2) is 12.1 Å². The predicted octanol–water partition coefficient (Wildman–Crippen LogP) is 3.68. The minimum atomic E-state index is -0.616. The first-order valence-corrected chi connectivity index (χ1v) is 6.03. The minimum absolute atomic E-state index is 0.0522. The Kier molecular flexibility index (Phi) is 3.22. The highest BCUT2D eigenvalue weighted by atomic mass is 19.1. The molecule has 1 saturated carbocycles. The molecule has 1 aliphatic carbocycles. The maximum Gasteiger partial charge on any atom is 0.151 e. The number of nitrogen functional groups attached to an aromatic ring is 1. The number of nitrogens with one attached hydrogen (secondary N) is 1. The number of rotatable bonds is 2. The molecule has 3 N–H and O–H groups in total. The van der Waals surface area contributed by atoms with Crippen molar-refractivity contribution < 1.29 is 8.78 Å². The molecule has 1 fully saturated rings. The van der Waals surface area contributed by atoms with Crippen LogP contribution in [0, 0.1) is 11.6 Å². The molecule has 0 saturated heterocycles. The van der Waals surface area contributed by atoms with Gasteiger partial charge in [0.25, 0.3) is 0 Å². The zero-order valence-corrected chi connectivity index (χ0v) is 10.0. The van der Waals surface area contributed by atoms with E-state index in [-0.39, 0.29) is 16.9 Å². The fraction of sp³-hybridized carbons (Fsp3) is 0.538. The lowest BCUT2D eigenvalue weighted by molar-refractivity contribution is 0.346. The lowest BCUT2D eigenvalue weighted by Crippen LogP contribution is -2.37. The van der Waals surface area contributed by atoms with Gasteiger partial charge in [0.2, 0.25) is 0 Å². The lowest BCUT2D eigenvalue weighted by atomic mass is 9.83. The number of hydrogen-bond acceptors (Lipinski definition) is 2. The molecular weight excluding hydrogens is 222 g/mol. The second kappa shape index (κ2) is 4.51. The molecule has 1 aliphatic rings. The molecule has 0 aromatic heterocycles. The first-order valence-electron chi connectivity index (χ1n) is 6.03. The fourth-order valence-electron chi connectivity index (χ4n) is 2.47. The van der Waals surface area contributed by atoms with E-state index in [1.807, 2.05) is 6.92 Å². The number of halogens is 2. The van der Waals surface area contributed by atoms with Crippen molar-refractivity contribution >= 4 is 11.4 Å². The standard InChI is InChI=1S/C13H18F2N2/c1-13(5-3-2-4-6-13)17-12-10(14)7-9(16)8-11(12)15/h7-8,17H,2-6,16H2,1H3. The third-order valence-electron chi connectivity index (χ3n) is 3.45. The van der Waals surface area contributed by atoms with E-state index in [2.05, 4.69) is 5.32 Å². The summed E-state index contributed by atoms with van der Waals surface area (Å²) < 4.78 is 27.3. The predicted molar refractivity (Wildman–Crippen MR) is 65.9 cm³/mol. The highest BCUT2D eigenvalue weighted by Gasteiger charge is 2.28. The molecule has 0 amide bonds. The summed E-state index contributed by atoms with van der Waals surface area (Å²) in [6, 6.07) is 2.30. The van der Waals surface area contributed by atoms with Gasteiger partial charge in [0.1, 0.15) is 5.69 Å². The van der Waals surface area contributed by atoms with Crippen LogP contribution in [0.4, 0.5) is 20.2 Å². The monoisotopic (exact) mass is 240 g/mol. The third-order valence-corrected chi connectivity index (χ3v) is 3.45. The summed E-state index contributed by atoms with van der Waals surface area (Å²) >= 11 is 0. The van der Waals surface area contributed by atoms with E-state index in [9.17, 15) is 8.78 Å². The minimum Gasteiger partial charge on any atom is -0.399 e. The summed E-state index contributed by atoms with van der Waals surface area (Å²) in [5, 5.41) is 3.02. The van der Waals surface area contributed by atoms with E-state index < -0.39 is 11.6 Å². The van der Waals surface area contributed by atoms with E-state index in [0.717, 1.165) is 37.8 Å². The zero-order chi connectivity index (χ0) is 12.5. The van der Waals surface area contributed by atoms with Gasteiger partial charge in [0, 0.05) is 11.2 Å². The van der Waals surface area contributed by atoms with Crippen LogP contribution < -0.4 is 11.1 Å². The molecule has 0 radical (unpaired) electrons. The summed E-state index contributed by atoms with van der Waals surface area (Å²) in [6.45, 7) is 2.02. The summed E-state index contributed by atoms with van der Waals surface area (Å²) in [5.41, 5.74) is 5.23. The van der Waals surface area contributed by atoms with E-state index in [1.54, 1.807) is 0 Å². The molecule has 2 nitrogen and oxygen atoms in total. The molecule has 0 bridgehead atoms. The van der Waals surface area contributed by atoms with Crippen LogP contribution in [0.1, 0.15) is 39.0 Å². The van der Waals surface area contributed by atoms with Gasteiger partial charge in [0.15, 0.2) is 11.6 Å². The average Bonchev–Trinajstić information content (AvgIpc) is 2.24. The topological polar surface area (TPSA) is 38.0 Å². The van der Waals surface area contributed by atoms with E-state index in [4.69, 9.17) is 5.73 Å². The van der Waals surface area contributed by atoms with Gasteiger partial charge >= 0.3 is 0 Å². The van der Waals surface area contributed by atoms with Crippen LogP contribution in [0.2, 0.25) is 0 Å². The Morgan fingerprint density at radius 3 is 2.18 bits per heavy atom. The fourth-order valence-corrected chi connectivity index (χ4v) is 2.47. The third kappa shape index (κ3) is 2.68. The van der Waals surface area contributed by atoms with Crippen LogP contribution in [0.3, 0.4) is 0 Å². The van der Waals surface area contributed by atoms with Crippen molar-refractivity contribution in [2.24, 2.45) is 0 Å². The van der Waals surface area contributed by atoms with Crippen molar-refractivity contribution in [1.29, 1.82) is 0 Å². The Hall–Kier alpha value is -1.32. The van der Waals surface area contributed by atoms with E-state index >= 15 is 0 Å². The van der Waals surface area contributed by atoms with Gasteiger partial charge in [-0.2, -0.15) is 0 Å². The van der Waals surface area contributed by atoms with Gasteiger partial charge in [-0.05, 0) is 31.9 Å². The molecule has 4 heteroatoms. The Balaban J connectivity index is 2.23. The summed E-state index contributed by atoms with van der Waals surface area (Å²) in [6.07, 6.45) is 5.28. The van der Waals surface area contributed by atoms with Crippen LogP contribution in [0.25, 0.3) is 0 Å². The number of nitrogens with two attached hydrogens (primary N) is 1. The molecule has 94 valence electrons. The molecule has 1 aromatic carbocycles. The van der Waals surface area contributed by atoms with Gasteiger partial charge in [-0.1, -0.05) is 19.3 Å². The normalized spacial score (nSPS) is 19.0. The van der Waals surface area contributed by atoms with Crippen LogP contribution in [-0.2, 0) is 0 Å². The van der Waals surface area contributed by atoms with Crippen molar-refractivity contribution in [3.05, 3.63) is 23.8 Å². The number of anilines is 2. The van der Waals surface area contributed by atoms with E-state index in [0.29, 0.717) is 0 Å². The second-order valence-electron chi connectivity index (χ2n) is 5.11. The summed E-state index contributed by atoms with van der Waals surface area (Å²) in [5.74, 6) is -1.23. The Morgan fingerprint density at radius 2 is 1.65 bits per heavy atom. The quantitative estimate of drug-likeness (QED) is 0.774. The van der Waals surface area contributed by atoms with Crippen molar-refractivity contribution in [2.75, 3.05) is 11.1 Å². The molecule has 17 heavy (non-hydrogen) atoms. The Morgan fingerprint density at radius 1 is 1.12 bits per heavy atom. The van der Waals surface area contributed by atoms with Crippen LogP contribution in [0.5, 0.6) is 0 Å². The first-order chi connectivity index (χ1) is 8.00. The summed E-state index contributed by atoms with van der Waals surface area (Å²) in [7, 11) is 0.